The Morgan fingerprint density at radius 1 is 1.39 bits per heavy atom. The van der Waals surface area contributed by atoms with E-state index in [9.17, 15) is 9.90 Å². The Morgan fingerprint density at radius 3 is 2.94 bits per heavy atom. The van der Waals surface area contributed by atoms with Crippen LogP contribution in [0.1, 0.15) is 31.2 Å². The molecule has 0 spiro atoms. The number of phenols is 1. The Bertz CT molecular complexity index is 419. The smallest absolute Gasteiger partial charge is 0.306 e. The fourth-order valence-electron chi connectivity index (χ4n) is 2.53. The standard InChI is InChI=1S/C14H19NO3/c16-13-6-1-3-10(7-13)9-15-12-5-2-4-11(8-12)14(17)18/h1,3,6-7,11-12,15-16H,2,4-5,8-9H2,(H,17,18). The first-order valence-corrected chi connectivity index (χ1v) is 6.39. The van der Waals surface area contributed by atoms with Crippen molar-refractivity contribution in [3.05, 3.63) is 29.8 Å². The van der Waals surface area contributed by atoms with Gasteiger partial charge in [0.2, 0.25) is 0 Å². The molecule has 2 rings (SSSR count). The number of hydrogen-bond acceptors (Lipinski definition) is 3. The fraction of sp³-hybridized carbons (Fsp3) is 0.500. The number of hydrogen-bond donors (Lipinski definition) is 3. The molecule has 0 amide bonds. The van der Waals surface area contributed by atoms with Crippen molar-refractivity contribution in [2.45, 2.75) is 38.3 Å². The Balaban J connectivity index is 1.84. The summed E-state index contributed by atoms with van der Waals surface area (Å²) in [5.41, 5.74) is 1.02. The van der Waals surface area contributed by atoms with Crippen molar-refractivity contribution in [3.63, 3.8) is 0 Å². The van der Waals surface area contributed by atoms with Crippen LogP contribution in [0.3, 0.4) is 0 Å². The molecular weight excluding hydrogens is 230 g/mol. The predicted molar refractivity (Wildman–Crippen MR) is 68.3 cm³/mol. The van der Waals surface area contributed by atoms with Gasteiger partial charge in [0.1, 0.15) is 5.75 Å². The Labute approximate surface area is 107 Å². The molecule has 4 heteroatoms. The minimum Gasteiger partial charge on any atom is -0.508 e. The van der Waals surface area contributed by atoms with Crippen LogP contribution in [-0.4, -0.2) is 22.2 Å². The summed E-state index contributed by atoms with van der Waals surface area (Å²) in [6.07, 6.45) is 3.49. The molecule has 1 fully saturated rings. The van der Waals surface area contributed by atoms with Crippen LogP contribution in [-0.2, 0) is 11.3 Å². The molecule has 0 heterocycles. The number of carboxylic acids is 1. The average Bonchev–Trinajstić information content (AvgIpc) is 2.37. The molecule has 0 aromatic heterocycles. The zero-order valence-corrected chi connectivity index (χ0v) is 10.3. The first-order valence-electron chi connectivity index (χ1n) is 6.39. The first-order chi connectivity index (χ1) is 8.65. The fourth-order valence-corrected chi connectivity index (χ4v) is 2.53. The molecule has 3 N–H and O–H groups in total. The number of carbonyl (C=O) groups is 1. The largest absolute Gasteiger partial charge is 0.508 e. The van der Waals surface area contributed by atoms with Gasteiger partial charge in [-0.2, -0.15) is 0 Å². The van der Waals surface area contributed by atoms with Gasteiger partial charge < -0.3 is 15.5 Å². The number of aliphatic carboxylic acids is 1. The van der Waals surface area contributed by atoms with Crippen molar-refractivity contribution >= 4 is 5.97 Å². The van der Waals surface area contributed by atoms with E-state index >= 15 is 0 Å². The topological polar surface area (TPSA) is 69.6 Å². The minimum absolute atomic E-state index is 0.208. The second-order valence-corrected chi connectivity index (χ2v) is 4.95. The first kappa shape index (κ1) is 12.9. The lowest BCUT2D eigenvalue weighted by molar-refractivity contribution is -0.143. The van der Waals surface area contributed by atoms with Crippen LogP contribution in [0.25, 0.3) is 0 Å². The van der Waals surface area contributed by atoms with Gasteiger partial charge in [-0.3, -0.25) is 4.79 Å². The molecular formula is C14H19NO3. The van der Waals surface area contributed by atoms with Gasteiger partial charge in [0.05, 0.1) is 5.92 Å². The van der Waals surface area contributed by atoms with Crippen molar-refractivity contribution in [1.82, 2.24) is 5.32 Å². The number of phenolic OH excluding ortho intramolecular Hbond substituents is 1. The van der Waals surface area contributed by atoms with E-state index in [4.69, 9.17) is 5.11 Å². The van der Waals surface area contributed by atoms with Gasteiger partial charge in [-0.25, -0.2) is 0 Å². The van der Waals surface area contributed by atoms with Gasteiger partial charge in [0, 0.05) is 12.6 Å². The average molecular weight is 249 g/mol. The summed E-state index contributed by atoms with van der Waals surface area (Å²) in [4.78, 5) is 11.0. The Kier molecular flexibility index (Phi) is 4.20. The summed E-state index contributed by atoms with van der Waals surface area (Å²) in [7, 11) is 0. The molecule has 98 valence electrons. The van der Waals surface area contributed by atoms with Crippen molar-refractivity contribution in [3.8, 4) is 5.75 Å². The van der Waals surface area contributed by atoms with Gasteiger partial charge in [0.25, 0.3) is 0 Å². The quantitative estimate of drug-likeness (QED) is 0.764. The lowest BCUT2D eigenvalue weighted by atomic mass is 9.86. The van der Waals surface area contributed by atoms with E-state index in [0.29, 0.717) is 13.0 Å². The van der Waals surface area contributed by atoms with E-state index in [1.54, 1.807) is 12.1 Å². The molecule has 0 radical (unpaired) electrons. The van der Waals surface area contributed by atoms with E-state index < -0.39 is 5.97 Å². The molecule has 1 aliphatic rings. The van der Waals surface area contributed by atoms with Crippen LogP contribution in [0.4, 0.5) is 0 Å². The number of carboxylic acid groups (broad SMARTS) is 1. The normalized spacial score (nSPS) is 23.8. The number of benzene rings is 1. The highest BCUT2D eigenvalue weighted by Gasteiger charge is 2.26. The van der Waals surface area contributed by atoms with Crippen molar-refractivity contribution in [2.75, 3.05) is 0 Å². The van der Waals surface area contributed by atoms with E-state index in [1.807, 2.05) is 12.1 Å². The maximum atomic E-state index is 11.0. The molecule has 0 aliphatic heterocycles. The summed E-state index contributed by atoms with van der Waals surface area (Å²) in [6, 6.07) is 7.40. The van der Waals surface area contributed by atoms with Crippen molar-refractivity contribution in [2.24, 2.45) is 5.92 Å². The van der Waals surface area contributed by atoms with E-state index in [-0.39, 0.29) is 17.7 Å². The third-order valence-corrected chi connectivity index (χ3v) is 3.53. The van der Waals surface area contributed by atoms with Crippen LogP contribution >= 0.6 is 0 Å². The highest BCUT2D eigenvalue weighted by Crippen LogP contribution is 2.24. The summed E-state index contributed by atoms with van der Waals surface area (Å²) in [6.45, 7) is 0.672. The molecule has 1 aromatic rings. The van der Waals surface area contributed by atoms with Crippen molar-refractivity contribution < 1.29 is 15.0 Å². The molecule has 1 aliphatic carbocycles. The third kappa shape index (κ3) is 3.47. The van der Waals surface area contributed by atoms with Gasteiger partial charge >= 0.3 is 5.97 Å². The summed E-state index contributed by atoms with van der Waals surface area (Å²) in [5.74, 6) is -0.624. The molecule has 2 unspecified atom stereocenters. The molecule has 18 heavy (non-hydrogen) atoms. The highest BCUT2D eigenvalue weighted by atomic mass is 16.4. The number of rotatable bonds is 4. The highest BCUT2D eigenvalue weighted by molar-refractivity contribution is 5.70. The van der Waals surface area contributed by atoms with Crippen LogP contribution in [0, 0.1) is 5.92 Å². The predicted octanol–water partition coefficient (Wildman–Crippen LogP) is 2.13. The van der Waals surface area contributed by atoms with Crippen LogP contribution in [0.2, 0.25) is 0 Å². The van der Waals surface area contributed by atoms with Gasteiger partial charge in [-0.05, 0) is 37.0 Å². The monoisotopic (exact) mass is 249 g/mol. The lowest BCUT2D eigenvalue weighted by Crippen LogP contribution is -2.36. The van der Waals surface area contributed by atoms with Gasteiger partial charge in [0.15, 0.2) is 0 Å². The number of aromatic hydroxyl groups is 1. The maximum absolute atomic E-state index is 11.0. The van der Waals surface area contributed by atoms with E-state index in [0.717, 1.165) is 24.8 Å². The minimum atomic E-state index is -0.682. The Morgan fingerprint density at radius 2 is 2.22 bits per heavy atom. The van der Waals surface area contributed by atoms with Crippen LogP contribution in [0.5, 0.6) is 5.75 Å². The molecule has 1 saturated carbocycles. The zero-order valence-electron chi connectivity index (χ0n) is 10.3. The molecule has 2 atom stereocenters. The van der Waals surface area contributed by atoms with E-state index in [2.05, 4.69) is 5.32 Å². The lowest BCUT2D eigenvalue weighted by Gasteiger charge is -2.27. The van der Waals surface area contributed by atoms with Crippen LogP contribution < -0.4 is 5.32 Å². The maximum Gasteiger partial charge on any atom is 0.306 e. The third-order valence-electron chi connectivity index (χ3n) is 3.53. The molecule has 0 bridgehead atoms. The van der Waals surface area contributed by atoms with Crippen molar-refractivity contribution in [1.29, 1.82) is 0 Å². The second-order valence-electron chi connectivity index (χ2n) is 4.95. The molecule has 0 saturated heterocycles. The summed E-state index contributed by atoms with van der Waals surface area (Å²) < 4.78 is 0. The van der Waals surface area contributed by atoms with Crippen LogP contribution in [0.15, 0.2) is 24.3 Å². The van der Waals surface area contributed by atoms with Gasteiger partial charge in [-0.1, -0.05) is 18.6 Å². The zero-order chi connectivity index (χ0) is 13.0. The molecule has 1 aromatic carbocycles. The summed E-state index contributed by atoms with van der Waals surface area (Å²) >= 11 is 0. The van der Waals surface area contributed by atoms with Gasteiger partial charge in [-0.15, -0.1) is 0 Å². The molecule has 4 nitrogen and oxygen atoms in total. The number of nitrogens with one attached hydrogen (secondary N) is 1. The second kappa shape index (κ2) is 5.87. The SMILES string of the molecule is O=C(O)C1CCCC(NCc2cccc(O)c2)C1. The van der Waals surface area contributed by atoms with E-state index in [1.165, 1.54) is 0 Å². The Hall–Kier alpha value is -1.55. The summed E-state index contributed by atoms with van der Waals surface area (Å²) in [5, 5.41) is 21.8.